The molecule has 0 aromatic rings. The van der Waals surface area contributed by atoms with Gasteiger partial charge in [-0.05, 0) is 21.0 Å². The number of aliphatic hydroxyl groups is 1. The van der Waals surface area contributed by atoms with Crippen molar-refractivity contribution in [1.82, 2.24) is 10.2 Å². The molecule has 0 saturated carbocycles. The first-order chi connectivity index (χ1) is 6.09. The summed E-state index contributed by atoms with van der Waals surface area (Å²) in [5.41, 5.74) is 0. The van der Waals surface area contributed by atoms with Gasteiger partial charge in [0.05, 0.1) is 25.4 Å². The second kappa shape index (κ2) is 4.91. The zero-order valence-electron chi connectivity index (χ0n) is 8.66. The van der Waals surface area contributed by atoms with Crippen molar-refractivity contribution in [2.75, 3.05) is 33.9 Å². The van der Waals surface area contributed by atoms with Gasteiger partial charge in [-0.1, -0.05) is 0 Å². The molecule has 0 spiro atoms. The molecule has 0 aromatic carbocycles. The van der Waals surface area contributed by atoms with Gasteiger partial charge in [-0.2, -0.15) is 0 Å². The molecule has 1 aliphatic rings. The lowest BCUT2D eigenvalue weighted by atomic mass is 10.2. The van der Waals surface area contributed by atoms with E-state index in [-0.39, 0.29) is 12.1 Å². The summed E-state index contributed by atoms with van der Waals surface area (Å²) in [4.78, 5) is 2.12. The first-order valence-electron chi connectivity index (χ1n) is 4.76. The van der Waals surface area contributed by atoms with Gasteiger partial charge in [-0.3, -0.25) is 0 Å². The fourth-order valence-corrected chi connectivity index (χ4v) is 1.67. The molecule has 2 N–H and O–H groups in total. The van der Waals surface area contributed by atoms with Gasteiger partial charge in [-0.25, -0.2) is 0 Å². The Hall–Kier alpha value is -0.160. The van der Waals surface area contributed by atoms with Crippen molar-refractivity contribution >= 4 is 0 Å². The van der Waals surface area contributed by atoms with Gasteiger partial charge in [0.1, 0.15) is 0 Å². The Bertz CT molecular complexity index is 153. The van der Waals surface area contributed by atoms with Gasteiger partial charge in [-0.15, -0.1) is 0 Å². The molecule has 0 aliphatic carbocycles. The second-order valence-electron chi connectivity index (χ2n) is 4.04. The average molecular weight is 188 g/mol. The van der Waals surface area contributed by atoms with Crippen LogP contribution in [-0.4, -0.2) is 62.0 Å². The summed E-state index contributed by atoms with van der Waals surface area (Å²) in [6.45, 7) is 4.18. The third-order valence-electron chi connectivity index (χ3n) is 2.19. The molecule has 0 radical (unpaired) electrons. The van der Waals surface area contributed by atoms with Crippen LogP contribution >= 0.6 is 0 Å². The topological polar surface area (TPSA) is 44.7 Å². The van der Waals surface area contributed by atoms with Gasteiger partial charge in [0.25, 0.3) is 0 Å². The Morgan fingerprint density at radius 2 is 2.23 bits per heavy atom. The highest BCUT2D eigenvalue weighted by molar-refractivity contribution is 4.83. The number of aliphatic hydroxyl groups excluding tert-OH is 1. The zero-order chi connectivity index (χ0) is 9.84. The predicted molar refractivity (Wildman–Crippen MR) is 51.8 cm³/mol. The van der Waals surface area contributed by atoms with E-state index in [4.69, 9.17) is 4.74 Å². The lowest BCUT2D eigenvalue weighted by Gasteiger charge is -2.23. The first kappa shape index (κ1) is 10.9. The number of nitrogens with zero attached hydrogens (tertiary/aromatic N) is 1. The molecule has 13 heavy (non-hydrogen) atoms. The van der Waals surface area contributed by atoms with Crippen molar-refractivity contribution in [1.29, 1.82) is 0 Å². The van der Waals surface area contributed by atoms with Crippen molar-refractivity contribution in [3.63, 3.8) is 0 Å². The Labute approximate surface area is 79.9 Å². The van der Waals surface area contributed by atoms with E-state index < -0.39 is 0 Å². The van der Waals surface area contributed by atoms with Crippen LogP contribution in [-0.2, 0) is 4.74 Å². The van der Waals surface area contributed by atoms with E-state index in [9.17, 15) is 5.11 Å². The molecule has 1 saturated heterocycles. The van der Waals surface area contributed by atoms with E-state index in [1.165, 1.54) is 0 Å². The first-order valence-corrected chi connectivity index (χ1v) is 4.76. The molecule has 4 heteroatoms. The highest BCUT2D eigenvalue weighted by Crippen LogP contribution is 2.05. The minimum atomic E-state index is -0.343. The largest absolute Gasteiger partial charge is 0.389 e. The number of rotatable bonds is 4. The lowest BCUT2D eigenvalue weighted by molar-refractivity contribution is 0.121. The number of hydrogen-bond acceptors (Lipinski definition) is 4. The van der Waals surface area contributed by atoms with Crippen LogP contribution in [0, 0.1) is 0 Å². The van der Waals surface area contributed by atoms with Gasteiger partial charge in [0, 0.05) is 12.6 Å². The summed E-state index contributed by atoms with van der Waals surface area (Å²) in [7, 11) is 4.08. The normalized spacial score (nSPS) is 31.2. The minimum Gasteiger partial charge on any atom is -0.389 e. The molecule has 1 heterocycles. The van der Waals surface area contributed by atoms with Crippen LogP contribution in [0.5, 0.6) is 0 Å². The molecule has 0 bridgehead atoms. The van der Waals surface area contributed by atoms with E-state index in [2.05, 4.69) is 17.1 Å². The van der Waals surface area contributed by atoms with E-state index in [0.717, 1.165) is 6.54 Å². The fourth-order valence-electron chi connectivity index (χ4n) is 1.67. The van der Waals surface area contributed by atoms with Crippen LogP contribution in [0.4, 0.5) is 0 Å². The fraction of sp³-hybridized carbons (Fsp3) is 1.00. The molecule has 0 aromatic heterocycles. The second-order valence-corrected chi connectivity index (χ2v) is 4.04. The van der Waals surface area contributed by atoms with Crippen LogP contribution in [0.3, 0.4) is 0 Å². The van der Waals surface area contributed by atoms with Crippen LogP contribution in [0.1, 0.15) is 6.92 Å². The number of hydrogen-bond donors (Lipinski definition) is 2. The highest BCUT2D eigenvalue weighted by atomic mass is 16.5. The minimum absolute atomic E-state index is 0.106. The standard InChI is InChI=1S/C9H20N2O2/c1-7(4-11(2)3)10-8-5-13-6-9(8)12/h7-10,12H,4-6H2,1-3H3. The summed E-state index contributed by atoms with van der Waals surface area (Å²) in [6.07, 6.45) is -0.343. The zero-order valence-corrected chi connectivity index (χ0v) is 8.66. The van der Waals surface area contributed by atoms with E-state index in [0.29, 0.717) is 19.3 Å². The molecule has 0 amide bonds. The molecule has 1 aliphatic heterocycles. The monoisotopic (exact) mass is 188 g/mol. The maximum absolute atomic E-state index is 9.47. The van der Waals surface area contributed by atoms with Crippen molar-refractivity contribution in [3.8, 4) is 0 Å². The van der Waals surface area contributed by atoms with E-state index in [1.54, 1.807) is 0 Å². The lowest BCUT2D eigenvalue weighted by Crippen LogP contribution is -2.47. The molecule has 3 unspecified atom stereocenters. The van der Waals surface area contributed by atoms with Crippen LogP contribution in [0.2, 0.25) is 0 Å². The number of ether oxygens (including phenoxy) is 1. The van der Waals surface area contributed by atoms with Crippen LogP contribution < -0.4 is 5.32 Å². The van der Waals surface area contributed by atoms with Crippen LogP contribution in [0.25, 0.3) is 0 Å². The Kier molecular flexibility index (Phi) is 4.12. The molecule has 1 fully saturated rings. The smallest absolute Gasteiger partial charge is 0.0948 e. The van der Waals surface area contributed by atoms with Crippen molar-refractivity contribution < 1.29 is 9.84 Å². The van der Waals surface area contributed by atoms with E-state index >= 15 is 0 Å². The maximum Gasteiger partial charge on any atom is 0.0948 e. The van der Waals surface area contributed by atoms with Crippen LogP contribution in [0.15, 0.2) is 0 Å². The summed E-state index contributed by atoms with van der Waals surface area (Å²) in [6, 6.07) is 0.492. The molecular formula is C9H20N2O2. The third-order valence-corrected chi connectivity index (χ3v) is 2.19. The van der Waals surface area contributed by atoms with E-state index in [1.807, 2.05) is 14.1 Å². The summed E-state index contributed by atoms with van der Waals surface area (Å²) in [5, 5.41) is 12.8. The molecule has 78 valence electrons. The predicted octanol–water partition coefficient (Wildman–Crippen LogP) is -0.714. The molecular weight excluding hydrogens is 168 g/mol. The molecule has 3 atom stereocenters. The maximum atomic E-state index is 9.47. The third kappa shape index (κ3) is 3.60. The molecule has 4 nitrogen and oxygen atoms in total. The number of likely N-dealkylation sites (N-methyl/N-ethyl adjacent to an activating group) is 1. The Morgan fingerprint density at radius 3 is 2.69 bits per heavy atom. The average Bonchev–Trinajstić information content (AvgIpc) is 2.34. The van der Waals surface area contributed by atoms with Crippen molar-refractivity contribution in [3.05, 3.63) is 0 Å². The van der Waals surface area contributed by atoms with Crippen molar-refractivity contribution in [2.45, 2.75) is 25.1 Å². The number of nitrogens with one attached hydrogen (secondary N) is 1. The quantitative estimate of drug-likeness (QED) is 0.611. The van der Waals surface area contributed by atoms with Gasteiger partial charge < -0.3 is 20.1 Å². The SMILES string of the molecule is CC(CN(C)C)NC1COCC1O. The summed E-state index contributed by atoms with van der Waals surface area (Å²) < 4.78 is 5.15. The van der Waals surface area contributed by atoms with Gasteiger partial charge in [0.2, 0.25) is 0 Å². The molecule has 1 rings (SSSR count). The Balaban J connectivity index is 2.22. The van der Waals surface area contributed by atoms with Crippen molar-refractivity contribution in [2.24, 2.45) is 0 Å². The van der Waals surface area contributed by atoms with Gasteiger partial charge in [0.15, 0.2) is 0 Å². The Morgan fingerprint density at radius 1 is 1.54 bits per heavy atom. The summed E-state index contributed by atoms with van der Waals surface area (Å²) in [5.74, 6) is 0. The highest BCUT2D eigenvalue weighted by Gasteiger charge is 2.26. The summed E-state index contributed by atoms with van der Waals surface area (Å²) >= 11 is 0. The van der Waals surface area contributed by atoms with Gasteiger partial charge >= 0.3 is 0 Å².